The standard InChI is InChI=1S/C19H27N3O2S/c1-2-3-13-20-17(23)15-9-11-16(12-10-15)21-19(25)22-18(24)14-7-5-4-6-8-14/h9-12,14H,2-8,13H2,1H3,(H,20,23)(H2,21,22,24,25). The molecule has 0 bridgehead atoms. The molecule has 1 aliphatic carbocycles. The minimum Gasteiger partial charge on any atom is -0.352 e. The summed E-state index contributed by atoms with van der Waals surface area (Å²) in [6.07, 6.45) is 7.34. The summed E-state index contributed by atoms with van der Waals surface area (Å²) in [6, 6.07) is 7.06. The third-order valence-electron chi connectivity index (χ3n) is 4.43. The monoisotopic (exact) mass is 361 g/mol. The molecule has 136 valence electrons. The van der Waals surface area contributed by atoms with Gasteiger partial charge in [-0.3, -0.25) is 9.59 Å². The number of hydrogen-bond acceptors (Lipinski definition) is 3. The van der Waals surface area contributed by atoms with Crippen molar-refractivity contribution in [3.8, 4) is 0 Å². The summed E-state index contributed by atoms with van der Waals surface area (Å²) in [5.41, 5.74) is 1.36. The zero-order valence-corrected chi connectivity index (χ0v) is 15.6. The summed E-state index contributed by atoms with van der Waals surface area (Å²) >= 11 is 5.21. The molecule has 0 saturated heterocycles. The van der Waals surface area contributed by atoms with Crippen LogP contribution in [0.25, 0.3) is 0 Å². The Bertz CT molecular complexity index is 595. The van der Waals surface area contributed by atoms with Gasteiger partial charge in [0, 0.05) is 23.7 Å². The highest BCUT2D eigenvalue weighted by atomic mass is 32.1. The number of carbonyl (C=O) groups is 2. The Labute approximate surface area is 155 Å². The van der Waals surface area contributed by atoms with Crippen LogP contribution in [0.3, 0.4) is 0 Å². The number of anilines is 1. The van der Waals surface area contributed by atoms with E-state index in [-0.39, 0.29) is 17.7 Å². The molecule has 6 heteroatoms. The maximum Gasteiger partial charge on any atom is 0.251 e. The molecule has 0 aromatic heterocycles. The molecule has 1 fully saturated rings. The third-order valence-corrected chi connectivity index (χ3v) is 4.64. The van der Waals surface area contributed by atoms with Gasteiger partial charge in [0.15, 0.2) is 5.11 Å². The van der Waals surface area contributed by atoms with Crippen LogP contribution in [0.2, 0.25) is 0 Å². The minimum absolute atomic E-state index is 0.00382. The summed E-state index contributed by atoms with van der Waals surface area (Å²) in [6.45, 7) is 2.77. The Kier molecular flexibility index (Phi) is 7.85. The fourth-order valence-corrected chi connectivity index (χ4v) is 3.15. The molecule has 0 unspecified atom stereocenters. The summed E-state index contributed by atoms with van der Waals surface area (Å²) in [7, 11) is 0. The van der Waals surface area contributed by atoms with Crippen LogP contribution in [0.15, 0.2) is 24.3 Å². The molecule has 1 saturated carbocycles. The summed E-state index contributed by atoms with van der Waals surface area (Å²) in [5, 5.41) is 8.95. The SMILES string of the molecule is CCCCNC(=O)c1ccc(NC(=S)NC(=O)C2CCCCC2)cc1. The van der Waals surface area contributed by atoms with Crippen molar-refractivity contribution >= 4 is 34.8 Å². The molecule has 0 atom stereocenters. The van der Waals surface area contributed by atoms with E-state index in [4.69, 9.17) is 12.2 Å². The van der Waals surface area contributed by atoms with Gasteiger partial charge in [0.1, 0.15) is 0 Å². The second kappa shape index (κ2) is 10.1. The lowest BCUT2D eigenvalue weighted by Gasteiger charge is -2.21. The van der Waals surface area contributed by atoms with E-state index < -0.39 is 0 Å². The molecule has 1 aliphatic rings. The largest absolute Gasteiger partial charge is 0.352 e. The Morgan fingerprint density at radius 2 is 1.80 bits per heavy atom. The predicted octanol–water partition coefficient (Wildman–Crippen LogP) is 3.61. The van der Waals surface area contributed by atoms with Crippen molar-refractivity contribution in [2.24, 2.45) is 5.92 Å². The third kappa shape index (κ3) is 6.46. The van der Waals surface area contributed by atoms with Crippen molar-refractivity contribution in [2.75, 3.05) is 11.9 Å². The first-order valence-corrected chi connectivity index (χ1v) is 9.51. The summed E-state index contributed by atoms with van der Waals surface area (Å²) in [5.74, 6) is -0.00000696. The smallest absolute Gasteiger partial charge is 0.251 e. The van der Waals surface area contributed by atoms with E-state index in [9.17, 15) is 9.59 Å². The highest BCUT2D eigenvalue weighted by molar-refractivity contribution is 7.80. The maximum absolute atomic E-state index is 12.2. The Morgan fingerprint density at radius 1 is 1.12 bits per heavy atom. The van der Waals surface area contributed by atoms with Crippen LogP contribution in [-0.4, -0.2) is 23.5 Å². The van der Waals surface area contributed by atoms with Crippen LogP contribution in [0.5, 0.6) is 0 Å². The van der Waals surface area contributed by atoms with Gasteiger partial charge in [-0.2, -0.15) is 0 Å². The van der Waals surface area contributed by atoms with Crippen LogP contribution in [0, 0.1) is 5.92 Å². The van der Waals surface area contributed by atoms with Crippen molar-refractivity contribution in [1.29, 1.82) is 0 Å². The molecule has 25 heavy (non-hydrogen) atoms. The molecule has 0 heterocycles. The highest BCUT2D eigenvalue weighted by Gasteiger charge is 2.21. The lowest BCUT2D eigenvalue weighted by Crippen LogP contribution is -2.39. The van der Waals surface area contributed by atoms with Gasteiger partial charge in [-0.1, -0.05) is 32.6 Å². The molecule has 0 radical (unpaired) electrons. The van der Waals surface area contributed by atoms with Crippen LogP contribution in [0.1, 0.15) is 62.2 Å². The van der Waals surface area contributed by atoms with E-state index in [1.54, 1.807) is 24.3 Å². The average molecular weight is 362 g/mol. The van der Waals surface area contributed by atoms with Crippen LogP contribution in [-0.2, 0) is 4.79 Å². The van der Waals surface area contributed by atoms with E-state index in [0.717, 1.165) is 44.2 Å². The van der Waals surface area contributed by atoms with Gasteiger partial charge in [0.2, 0.25) is 5.91 Å². The summed E-state index contributed by atoms with van der Waals surface area (Å²) in [4.78, 5) is 24.1. The van der Waals surface area contributed by atoms with E-state index in [1.165, 1.54) is 6.42 Å². The highest BCUT2D eigenvalue weighted by Crippen LogP contribution is 2.23. The number of thiocarbonyl (C=S) groups is 1. The Balaban J connectivity index is 1.80. The van der Waals surface area contributed by atoms with Gasteiger partial charge in [-0.05, 0) is 55.7 Å². The van der Waals surface area contributed by atoms with Crippen LogP contribution >= 0.6 is 12.2 Å². The second-order valence-electron chi connectivity index (χ2n) is 6.47. The van der Waals surface area contributed by atoms with Crippen molar-refractivity contribution in [2.45, 2.75) is 51.9 Å². The van der Waals surface area contributed by atoms with E-state index in [2.05, 4.69) is 22.9 Å². The number of benzene rings is 1. The number of carbonyl (C=O) groups excluding carboxylic acids is 2. The van der Waals surface area contributed by atoms with Gasteiger partial charge < -0.3 is 16.0 Å². The molecule has 2 amide bonds. The van der Waals surface area contributed by atoms with Gasteiger partial charge in [-0.25, -0.2) is 0 Å². The molecule has 3 N–H and O–H groups in total. The summed E-state index contributed by atoms with van der Waals surface area (Å²) < 4.78 is 0. The van der Waals surface area contributed by atoms with E-state index in [0.29, 0.717) is 17.2 Å². The molecular formula is C19H27N3O2S. The van der Waals surface area contributed by atoms with Crippen molar-refractivity contribution in [3.05, 3.63) is 29.8 Å². The van der Waals surface area contributed by atoms with Gasteiger partial charge in [0.25, 0.3) is 5.91 Å². The van der Waals surface area contributed by atoms with E-state index >= 15 is 0 Å². The quantitative estimate of drug-likeness (QED) is 0.535. The van der Waals surface area contributed by atoms with Gasteiger partial charge >= 0.3 is 0 Å². The predicted molar refractivity (Wildman–Crippen MR) is 105 cm³/mol. The molecule has 1 aromatic rings. The molecule has 0 spiro atoms. The average Bonchev–Trinajstić information content (AvgIpc) is 2.63. The molecule has 2 rings (SSSR count). The second-order valence-corrected chi connectivity index (χ2v) is 6.87. The Morgan fingerprint density at radius 3 is 2.44 bits per heavy atom. The normalized spacial score (nSPS) is 14.6. The molecular weight excluding hydrogens is 334 g/mol. The van der Waals surface area contributed by atoms with Crippen molar-refractivity contribution in [1.82, 2.24) is 10.6 Å². The van der Waals surface area contributed by atoms with Crippen LogP contribution < -0.4 is 16.0 Å². The number of rotatable bonds is 6. The lowest BCUT2D eigenvalue weighted by atomic mass is 9.89. The fourth-order valence-electron chi connectivity index (χ4n) is 2.93. The van der Waals surface area contributed by atoms with Gasteiger partial charge in [-0.15, -0.1) is 0 Å². The first-order valence-electron chi connectivity index (χ1n) is 9.10. The lowest BCUT2D eigenvalue weighted by molar-refractivity contribution is -0.124. The Hall–Kier alpha value is -1.95. The topological polar surface area (TPSA) is 70.2 Å². The first kappa shape index (κ1) is 19.4. The molecule has 0 aliphatic heterocycles. The fraction of sp³-hybridized carbons (Fsp3) is 0.526. The number of amides is 2. The molecule has 5 nitrogen and oxygen atoms in total. The molecule has 1 aromatic carbocycles. The number of nitrogens with one attached hydrogen (secondary N) is 3. The zero-order chi connectivity index (χ0) is 18.1. The van der Waals surface area contributed by atoms with Gasteiger partial charge in [0.05, 0.1) is 0 Å². The zero-order valence-electron chi connectivity index (χ0n) is 14.8. The minimum atomic E-state index is -0.0758. The van der Waals surface area contributed by atoms with E-state index in [1.807, 2.05) is 0 Å². The van der Waals surface area contributed by atoms with Crippen LogP contribution in [0.4, 0.5) is 5.69 Å². The first-order chi connectivity index (χ1) is 12.1. The van der Waals surface area contributed by atoms with Crippen molar-refractivity contribution < 1.29 is 9.59 Å². The van der Waals surface area contributed by atoms with Crippen molar-refractivity contribution in [3.63, 3.8) is 0 Å². The number of hydrogen-bond donors (Lipinski definition) is 3. The maximum atomic E-state index is 12.2. The number of unbranched alkanes of at least 4 members (excludes halogenated alkanes) is 1.